The number of rotatable bonds is 4. The molecule has 72 valence electrons. The Morgan fingerprint density at radius 1 is 1.31 bits per heavy atom. The predicted molar refractivity (Wildman–Crippen MR) is 59.1 cm³/mol. The molecule has 0 spiro atoms. The van der Waals surface area contributed by atoms with Gasteiger partial charge in [-0.3, -0.25) is 0 Å². The number of benzene rings is 1. The van der Waals surface area contributed by atoms with Crippen LogP contribution in [0.3, 0.4) is 0 Å². The monoisotopic (exact) mass is 262 g/mol. The van der Waals surface area contributed by atoms with Crippen LogP contribution in [0.1, 0.15) is 23.8 Å². The molecule has 1 nitrogen and oxygen atoms in total. The van der Waals surface area contributed by atoms with E-state index in [0.29, 0.717) is 0 Å². The van der Waals surface area contributed by atoms with Gasteiger partial charge in [-0.05, 0) is 30.5 Å². The third-order valence-electron chi connectivity index (χ3n) is 1.85. The molecule has 1 aromatic rings. The van der Waals surface area contributed by atoms with Gasteiger partial charge in [-0.25, -0.2) is 0 Å². The zero-order valence-corrected chi connectivity index (χ0v) is 9.55. The Labute approximate surface area is 91.9 Å². The van der Waals surface area contributed by atoms with E-state index in [9.17, 15) is 0 Å². The fraction of sp³-hybridized carbons (Fsp3) is 0.400. The third-order valence-corrected chi connectivity index (χ3v) is 2.85. The number of halogens is 2. The van der Waals surface area contributed by atoms with Crippen molar-refractivity contribution in [1.29, 1.82) is 0 Å². The molecule has 1 unspecified atom stereocenters. The van der Waals surface area contributed by atoms with Crippen molar-refractivity contribution in [1.82, 2.24) is 0 Å². The SMILES string of the molecule is OCCCC(Cl)c1ccc(Br)cc1. The lowest BCUT2D eigenvalue weighted by Gasteiger charge is -2.08. The summed E-state index contributed by atoms with van der Waals surface area (Å²) in [5.41, 5.74) is 1.11. The number of alkyl halides is 1. The van der Waals surface area contributed by atoms with Crippen LogP contribution in [0.15, 0.2) is 28.7 Å². The topological polar surface area (TPSA) is 20.2 Å². The van der Waals surface area contributed by atoms with Crippen LogP contribution in [-0.4, -0.2) is 11.7 Å². The number of hydrogen-bond donors (Lipinski definition) is 1. The first-order valence-electron chi connectivity index (χ1n) is 4.24. The molecule has 0 heterocycles. The number of hydrogen-bond acceptors (Lipinski definition) is 1. The Hall–Kier alpha value is -0.0500. The van der Waals surface area contributed by atoms with Crippen LogP contribution >= 0.6 is 27.5 Å². The zero-order chi connectivity index (χ0) is 9.68. The van der Waals surface area contributed by atoms with Crippen LogP contribution in [0.25, 0.3) is 0 Å². The summed E-state index contributed by atoms with van der Waals surface area (Å²) in [6.07, 6.45) is 1.57. The lowest BCUT2D eigenvalue weighted by molar-refractivity contribution is 0.284. The molecule has 0 aliphatic heterocycles. The van der Waals surface area contributed by atoms with Crippen molar-refractivity contribution in [2.24, 2.45) is 0 Å². The molecule has 13 heavy (non-hydrogen) atoms. The summed E-state index contributed by atoms with van der Waals surface area (Å²) in [5.74, 6) is 0. The smallest absolute Gasteiger partial charge is 0.0586 e. The molecule has 0 amide bonds. The Balaban J connectivity index is 2.55. The van der Waals surface area contributed by atoms with E-state index in [2.05, 4.69) is 15.9 Å². The Morgan fingerprint density at radius 3 is 2.46 bits per heavy atom. The highest BCUT2D eigenvalue weighted by molar-refractivity contribution is 9.10. The fourth-order valence-electron chi connectivity index (χ4n) is 1.11. The first kappa shape index (κ1) is 11.0. The highest BCUT2D eigenvalue weighted by atomic mass is 79.9. The number of aliphatic hydroxyl groups is 1. The number of aliphatic hydroxyl groups excluding tert-OH is 1. The molecule has 1 rings (SSSR count). The summed E-state index contributed by atoms with van der Waals surface area (Å²) in [5, 5.41) is 8.65. The molecule has 0 saturated heterocycles. The average molecular weight is 264 g/mol. The molecule has 3 heteroatoms. The van der Waals surface area contributed by atoms with Crippen molar-refractivity contribution in [2.45, 2.75) is 18.2 Å². The van der Waals surface area contributed by atoms with Crippen molar-refractivity contribution in [3.63, 3.8) is 0 Å². The molecule has 0 radical (unpaired) electrons. The molecular weight excluding hydrogens is 251 g/mol. The Bertz CT molecular complexity index is 248. The third kappa shape index (κ3) is 3.67. The summed E-state index contributed by atoms with van der Waals surface area (Å²) in [7, 11) is 0. The van der Waals surface area contributed by atoms with Crippen LogP contribution in [0.5, 0.6) is 0 Å². The van der Waals surface area contributed by atoms with E-state index in [1.807, 2.05) is 24.3 Å². The van der Waals surface area contributed by atoms with Gasteiger partial charge < -0.3 is 5.11 Å². The molecule has 0 aliphatic rings. The molecule has 1 N–H and O–H groups in total. The van der Waals surface area contributed by atoms with Gasteiger partial charge in [0.05, 0.1) is 5.38 Å². The van der Waals surface area contributed by atoms with Crippen molar-refractivity contribution in [2.75, 3.05) is 6.61 Å². The van der Waals surface area contributed by atoms with E-state index in [4.69, 9.17) is 16.7 Å². The van der Waals surface area contributed by atoms with Gasteiger partial charge >= 0.3 is 0 Å². The van der Waals surface area contributed by atoms with Gasteiger partial charge in [-0.1, -0.05) is 28.1 Å². The van der Waals surface area contributed by atoms with Gasteiger partial charge in [0.1, 0.15) is 0 Å². The van der Waals surface area contributed by atoms with Gasteiger partial charge in [-0.15, -0.1) is 11.6 Å². The Kier molecular flexibility index (Phi) is 4.78. The lowest BCUT2D eigenvalue weighted by atomic mass is 10.1. The molecule has 1 atom stereocenters. The first-order chi connectivity index (χ1) is 6.24. The van der Waals surface area contributed by atoms with E-state index in [1.54, 1.807) is 0 Å². The van der Waals surface area contributed by atoms with Crippen molar-refractivity contribution >= 4 is 27.5 Å². The maximum atomic E-state index is 8.64. The van der Waals surface area contributed by atoms with E-state index in [1.165, 1.54) is 0 Å². The minimum atomic E-state index is 0.0141. The summed E-state index contributed by atoms with van der Waals surface area (Å²) in [4.78, 5) is 0. The summed E-state index contributed by atoms with van der Waals surface area (Å²) in [6.45, 7) is 0.208. The maximum Gasteiger partial charge on any atom is 0.0586 e. The minimum Gasteiger partial charge on any atom is -0.396 e. The quantitative estimate of drug-likeness (QED) is 0.824. The fourth-order valence-corrected chi connectivity index (χ4v) is 1.67. The van der Waals surface area contributed by atoms with Crippen LogP contribution in [0, 0.1) is 0 Å². The van der Waals surface area contributed by atoms with E-state index < -0.39 is 0 Å². The van der Waals surface area contributed by atoms with Gasteiger partial charge in [0.25, 0.3) is 0 Å². The summed E-state index contributed by atoms with van der Waals surface area (Å²) in [6, 6.07) is 7.95. The van der Waals surface area contributed by atoms with Gasteiger partial charge in [0, 0.05) is 11.1 Å². The highest BCUT2D eigenvalue weighted by Crippen LogP contribution is 2.26. The van der Waals surface area contributed by atoms with Crippen molar-refractivity contribution in [3.05, 3.63) is 34.3 Å². The van der Waals surface area contributed by atoms with Gasteiger partial charge in [0.2, 0.25) is 0 Å². The van der Waals surface area contributed by atoms with Gasteiger partial charge in [0.15, 0.2) is 0 Å². The molecule has 0 saturated carbocycles. The standard InChI is InChI=1S/C10H12BrClO/c11-9-5-3-8(4-6-9)10(12)2-1-7-13/h3-6,10,13H,1-2,7H2. The molecule has 0 bridgehead atoms. The van der Waals surface area contributed by atoms with E-state index in [0.717, 1.165) is 22.9 Å². The average Bonchev–Trinajstić information content (AvgIpc) is 2.15. The molecule has 1 aromatic carbocycles. The highest BCUT2D eigenvalue weighted by Gasteiger charge is 2.06. The second-order valence-corrected chi connectivity index (χ2v) is 4.33. The van der Waals surface area contributed by atoms with Crippen LogP contribution in [-0.2, 0) is 0 Å². The Morgan fingerprint density at radius 2 is 1.92 bits per heavy atom. The second-order valence-electron chi connectivity index (χ2n) is 2.88. The summed E-state index contributed by atoms with van der Waals surface area (Å²) < 4.78 is 1.06. The molecule has 0 aliphatic carbocycles. The lowest BCUT2D eigenvalue weighted by Crippen LogP contribution is -1.92. The maximum absolute atomic E-state index is 8.64. The van der Waals surface area contributed by atoms with E-state index >= 15 is 0 Å². The van der Waals surface area contributed by atoms with Crippen molar-refractivity contribution < 1.29 is 5.11 Å². The van der Waals surface area contributed by atoms with Crippen LogP contribution < -0.4 is 0 Å². The minimum absolute atomic E-state index is 0.0141. The van der Waals surface area contributed by atoms with Crippen LogP contribution in [0.4, 0.5) is 0 Å². The molecule has 0 aromatic heterocycles. The largest absolute Gasteiger partial charge is 0.396 e. The molecule has 0 fully saturated rings. The second kappa shape index (κ2) is 5.63. The summed E-state index contributed by atoms with van der Waals surface area (Å²) >= 11 is 9.48. The van der Waals surface area contributed by atoms with Gasteiger partial charge in [-0.2, -0.15) is 0 Å². The van der Waals surface area contributed by atoms with Crippen molar-refractivity contribution in [3.8, 4) is 0 Å². The predicted octanol–water partition coefficient (Wildman–Crippen LogP) is 3.50. The first-order valence-corrected chi connectivity index (χ1v) is 5.47. The van der Waals surface area contributed by atoms with E-state index in [-0.39, 0.29) is 12.0 Å². The normalized spacial score (nSPS) is 12.8. The zero-order valence-electron chi connectivity index (χ0n) is 7.21. The van der Waals surface area contributed by atoms with Crippen LogP contribution in [0.2, 0.25) is 0 Å². The molecular formula is C10H12BrClO.